The monoisotopic (exact) mass is 413 g/mol. The Labute approximate surface area is 174 Å². The molecule has 152 valence electrons. The first kappa shape index (κ1) is 21.0. The van der Waals surface area contributed by atoms with Crippen LogP contribution in [0.15, 0.2) is 53.3 Å². The van der Waals surface area contributed by atoms with Crippen LogP contribution in [0.3, 0.4) is 0 Å². The first-order valence-electron chi connectivity index (χ1n) is 9.49. The summed E-state index contributed by atoms with van der Waals surface area (Å²) in [5, 5.41) is 0.935. The van der Waals surface area contributed by atoms with Crippen LogP contribution in [0.4, 0.5) is 0 Å². The van der Waals surface area contributed by atoms with Gasteiger partial charge in [0.25, 0.3) is 11.5 Å². The average Bonchev–Trinajstić information content (AvgIpc) is 2.74. The molecule has 2 aromatic carbocycles. The minimum atomic E-state index is -0.406. The second kappa shape index (κ2) is 9.20. The normalized spacial score (nSPS) is 12.1. The summed E-state index contributed by atoms with van der Waals surface area (Å²) < 4.78 is 6.75. The van der Waals surface area contributed by atoms with Crippen LogP contribution in [0.2, 0.25) is 5.02 Å². The largest absolute Gasteiger partial charge is 0.383 e. The summed E-state index contributed by atoms with van der Waals surface area (Å²) >= 11 is 6.28. The summed E-state index contributed by atoms with van der Waals surface area (Å²) in [5.74, 6) is 0.314. The molecule has 1 heterocycles. The molecule has 6 nitrogen and oxygen atoms in total. The van der Waals surface area contributed by atoms with Crippen molar-refractivity contribution in [1.82, 2.24) is 14.5 Å². The van der Waals surface area contributed by atoms with Gasteiger partial charge in [0.05, 0.1) is 34.1 Å². The number of carbonyl (C=O) groups is 1. The molecule has 0 N–H and O–H groups in total. The zero-order valence-electron chi connectivity index (χ0n) is 16.8. The standard InChI is InChI=1S/C22H24ClN3O3/c1-4-19(20-24-18-12-8-6-10-16(18)21(27)25(20)2)26(13-14-29-3)22(28)15-9-5-7-11-17(15)23/h5-12,19H,4,13-14H2,1-3H3. The van der Waals surface area contributed by atoms with Crippen LogP contribution in [-0.4, -0.2) is 40.6 Å². The lowest BCUT2D eigenvalue weighted by molar-refractivity contribution is 0.0578. The first-order chi connectivity index (χ1) is 14.0. The number of rotatable bonds is 7. The highest BCUT2D eigenvalue weighted by Gasteiger charge is 2.29. The smallest absolute Gasteiger partial charge is 0.261 e. The summed E-state index contributed by atoms with van der Waals surface area (Å²) in [6.45, 7) is 2.67. The lowest BCUT2D eigenvalue weighted by atomic mass is 10.1. The summed E-state index contributed by atoms with van der Waals surface area (Å²) in [6.07, 6.45) is 0.582. The van der Waals surface area contributed by atoms with Gasteiger partial charge in [-0.1, -0.05) is 42.8 Å². The van der Waals surface area contributed by atoms with Crippen molar-refractivity contribution in [2.45, 2.75) is 19.4 Å². The third-order valence-corrected chi connectivity index (χ3v) is 5.31. The number of hydrogen-bond donors (Lipinski definition) is 0. The third kappa shape index (κ3) is 4.18. The predicted octanol–water partition coefficient (Wildman–Crippen LogP) is 3.83. The fourth-order valence-electron chi connectivity index (χ4n) is 3.45. The van der Waals surface area contributed by atoms with Gasteiger partial charge in [-0.15, -0.1) is 0 Å². The van der Waals surface area contributed by atoms with Crippen LogP contribution in [0.25, 0.3) is 10.9 Å². The summed E-state index contributed by atoms with van der Waals surface area (Å²) in [6, 6.07) is 13.8. The Bertz CT molecular complexity index is 1080. The molecule has 0 fully saturated rings. The van der Waals surface area contributed by atoms with E-state index in [1.165, 1.54) is 4.57 Å². The van der Waals surface area contributed by atoms with Crippen LogP contribution in [0.1, 0.15) is 35.6 Å². The number of methoxy groups -OCH3 is 1. The number of carbonyl (C=O) groups excluding carboxylic acids is 1. The summed E-state index contributed by atoms with van der Waals surface area (Å²) in [4.78, 5) is 32.7. The quantitative estimate of drug-likeness (QED) is 0.590. The van der Waals surface area contributed by atoms with Gasteiger partial charge in [0.15, 0.2) is 0 Å². The lowest BCUT2D eigenvalue weighted by Gasteiger charge is -2.32. The van der Waals surface area contributed by atoms with Crippen molar-refractivity contribution in [2.75, 3.05) is 20.3 Å². The molecule has 1 amide bonds. The second-order valence-corrected chi connectivity index (χ2v) is 7.15. The van der Waals surface area contributed by atoms with Crippen molar-refractivity contribution >= 4 is 28.4 Å². The fraction of sp³-hybridized carbons (Fsp3) is 0.318. The van der Waals surface area contributed by atoms with E-state index in [0.717, 1.165) is 0 Å². The van der Waals surface area contributed by atoms with E-state index in [-0.39, 0.29) is 11.5 Å². The van der Waals surface area contributed by atoms with Gasteiger partial charge in [0, 0.05) is 20.7 Å². The molecule has 0 aliphatic carbocycles. The van der Waals surface area contributed by atoms with Crippen LogP contribution in [-0.2, 0) is 11.8 Å². The Morgan fingerprint density at radius 1 is 1.21 bits per heavy atom. The number of amides is 1. The van der Waals surface area contributed by atoms with Gasteiger partial charge in [-0.3, -0.25) is 14.2 Å². The molecule has 7 heteroatoms. The van der Waals surface area contributed by atoms with Gasteiger partial charge < -0.3 is 9.64 Å². The van der Waals surface area contributed by atoms with Gasteiger partial charge in [0.2, 0.25) is 0 Å². The summed E-state index contributed by atoms with van der Waals surface area (Å²) in [5.41, 5.74) is 0.886. The highest BCUT2D eigenvalue weighted by atomic mass is 35.5. The molecular formula is C22H24ClN3O3. The lowest BCUT2D eigenvalue weighted by Crippen LogP contribution is -2.40. The van der Waals surface area contributed by atoms with Gasteiger partial charge >= 0.3 is 0 Å². The Hall–Kier alpha value is -2.70. The van der Waals surface area contributed by atoms with Gasteiger partial charge in [-0.05, 0) is 30.7 Å². The highest BCUT2D eigenvalue weighted by molar-refractivity contribution is 6.33. The molecule has 0 bridgehead atoms. The molecule has 0 aliphatic rings. The second-order valence-electron chi connectivity index (χ2n) is 6.75. The topological polar surface area (TPSA) is 64.4 Å². The Balaban J connectivity index is 2.12. The molecular weight excluding hydrogens is 390 g/mol. The number of nitrogens with zero attached hydrogens (tertiary/aromatic N) is 3. The van der Waals surface area contributed by atoms with Gasteiger partial charge in [-0.2, -0.15) is 0 Å². The fourth-order valence-corrected chi connectivity index (χ4v) is 3.67. The van der Waals surface area contributed by atoms with E-state index in [1.807, 2.05) is 25.1 Å². The minimum absolute atomic E-state index is 0.138. The molecule has 29 heavy (non-hydrogen) atoms. The van der Waals surface area contributed by atoms with E-state index >= 15 is 0 Å². The maximum Gasteiger partial charge on any atom is 0.261 e. The van der Waals surface area contributed by atoms with E-state index in [2.05, 4.69) is 0 Å². The molecule has 0 saturated carbocycles. The molecule has 1 aromatic heterocycles. The zero-order chi connectivity index (χ0) is 21.0. The molecule has 0 saturated heterocycles. The van der Waals surface area contributed by atoms with Crippen LogP contribution < -0.4 is 5.56 Å². The molecule has 0 spiro atoms. The number of halogens is 1. The van der Waals surface area contributed by atoms with Crippen molar-refractivity contribution < 1.29 is 9.53 Å². The predicted molar refractivity (Wildman–Crippen MR) is 114 cm³/mol. The van der Waals surface area contributed by atoms with E-state index < -0.39 is 6.04 Å². The molecule has 3 aromatic rings. The molecule has 3 rings (SSSR count). The molecule has 1 unspecified atom stereocenters. The van der Waals surface area contributed by atoms with E-state index in [4.69, 9.17) is 21.3 Å². The zero-order valence-corrected chi connectivity index (χ0v) is 17.5. The number of ether oxygens (including phenoxy) is 1. The van der Waals surface area contributed by atoms with Crippen LogP contribution in [0.5, 0.6) is 0 Å². The summed E-state index contributed by atoms with van der Waals surface area (Å²) in [7, 11) is 3.28. The van der Waals surface area contributed by atoms with E-state index in [9.17, 15) is 9.59 Å². The van der Waals surface area contributed by atoms with Crippen LogP contribution >= 0.6 is 11.6 Å². The minimum Gasteiger partial charge on any atom is -0.383 e. The molecule has 0 aliphatic heterocycles. The van der Waals surface area contributed by atoms with Crippen molar-refractivity contribution in [3.8, 4) is 0 Å². The van der Waals surface area contributed by atoms with Crippen LogP contribution in [0, 0.1) is 0 Å². The van der Waals surface area contributed by atoms with Crippen molar-refractivity contribution in [2.24, 2.45) is 7.05 Å². The maximum absolute atomic E-state index is 13.4. The Kier molecular flexibility index (Phi) is 6.67. The number of fused-ring (bicyclic) bond motifs is 1. The number of aromatic nitrogens is 2. The first-order valence-corrected chi connectivity index (χ1v) is 9.87. The molecule has 0 radical (unpaired) electrons. The third-order valence-electron chi connectivity index (χ3n) is 4.98. The van der Waals surface area contributed by atoms with E-state index in [1.54, 1.807) is 49.4 Å². The van der Waals surface area contributed by atoms with Gasteiger partial charge in [-0.25, -0.2) is 4.98 Å². The average molecular weight is 414 g/mol. The SMILES string of the molecule is CCC(c1nc2ccccc2c(=O)n1C)N(CCOC)C(=O)c1ccccc1Cl. The number of hydrogen-bond acceptors (Lipinski definition) is 4. The number of benzene rings is 2. The van der Waals surface area contributed by atoms with Crippen molar-refractivity contribution in [3.63, 3.8) is 0 Å². The van der Waals surface area contributed by atoms with E-state index in [0.29, 0.717) is 46.9 Å². The van der Waals surface area contributed by atoms with Crippen molar-refractivity contribution in [3.05, 3.63) is 75.3 Å². The Morgan fingerprint density at radius 3 is 2.59 bits per heavy atom. The van der Waals surface area contributed by atoms with Crippen molar-refractivity contribution in [1.29, 1.82) is 0 Å². The Morgan fingerprint density at radius 2 is 1.90 bits per heavy atom. The molecule has 1 atom stereocenters. The highest BCUT2D eigenvalue weighted by Crippen LogP contribution is 2.27. The maximum atomic E-state index is 13.4. The number of para-hydroxylation sites is 1. The van der Waals surface area contributed by atoms with Gasteiger partial charge in [0.1, 0.15) is 5.82 Å².